The van der Waals surface area contributed by atoms with Crippen molar-refractivity contribution in [3.05, 3.63) is 42.0 Å². The molecule has 25 heavy (non-hydrogen) atoms. The van der Waals surface area contributed by atoms with Crippen molar-refractivity contribution in [2.45, 2.75) is 58.2 Å². The fourth-order valence-electron chi connectivity index (χ4n) is 2.75. The number of hydrogen-bond donors (Lipinski definition) is 1. The number of rotatable bonds is 1. The molecular formula is C20H28N2O3. The van der Waals surface area contributed by atoms with Gasteiger partial charge in [-0.25, -0.2) is 0 Å². The lowest BCUT2D eigenvalue weighted by molar-refractivity contribution is -0.125. The van der Waals surface area contributed by atoms with Crippen LogP contribution in [0.5, 0.6) is 5.75 Å². The first-order valence-corrected chi connectivity index (χ1v) is 8.92. The maximum absolute atomic E-state index is 12.9. The number of para-hydroxylation sites is 1. The Kier molecular flexibility index (Phi) is 6.62. The van der Waals surface area contributed by atoms with Gasteiger partial charge in [-0.05, 0) is 38.8 Å². The van der Waals surface area contributed by atoms with Crippen LogP contribution in [0.1, 0.15) is 50.4 Å². The van der Waals surface area contributed by atoms with Crippen molar-refractivity contribution in [3.63, 3.8) is 0 Å². The number of likely N-dealkylation sites (N-methyl/N-ethyl adjacent to an activating group) is 1. The molecule has 136 valence electrons. The first-order valence-electron chi connectivity index (χ1n) is 8.92. The Hall–Kier alpha value is -2.30. The fraction of sp³-hybridized carbons (Fsp3) is 0.500. The smallest absolute Gasteiger partial charge is 0.258 e. The number of nitrogens with zero attached hydrogens (tertiary/aromatic N) is 1. The van der Waals surface area contributed by atoms with Gasteiger partial charge in [0.25, 0.3) is 5.91 Å². The third-order valence-electron chi connectivity index (χ3n) is 4.62. The molecule has 0 aromatic heterocycles. The molecule has 1 N–H and O–H groups in total. The van der Waals surface area contributed by atoms with E-state index in [1.165, 1.54) is 4.90 Å². The van der Waals surface area contributed by atoms with Gasteiger partial charge >= 0.3 is 0 Å². The largest absolute Gasteiger partial charge is 0.490 e. The van der Waals surface area contributed by atoms with Crippen LogP contribution in [0.3, 0.4) is 0 Å². The van der Waals surface area contributed by atoms with Crippen molar-refractivity contribution < 1.29 is 14.3 Å². The molecule has 5 heteroatoms. The normalized spacial score (nSPS) is 26.9. The van der Waals surface area contributed by atoms with Crippen LogP contribution in [0.2, 0.25) is 0 Å². The van der Waals surface area contributed by atoms with Gasteiger partial charge in [0.05, 0.1) is 11.7 Å². The number of ether oxygens (including phenoxy) is 1. The summed E-state index contributed by atoms with van der Waals surface area (Å²) in [5.74, 6) is 0.197. The number of carbonyl (C=O) groups excluding carboxylic acids is 2. The number of benzene rings is 1. The van der Waals surface area contributed by atoms with Gasteiger partial charge < -0.3 is 15.0 Å². The number of nitrogens with one attached hydrogen (secondary N) is 1. The molecule has 0 fully saturated rings. The Morgan fingerprint density at radius 1 is 1.16 bits per heavy atom. The second kappa shape index (κ2) is 8.70. The summed E-state index contributed by atoms with van der Waals surface area (Å²) in [6, 6.07) is 6.70. The van der Waals surface area contributed by atoms with Gasteiger partial charge in [-0.15, -0.1) is 0 Å². The molecule has 0 aliphatic carbocycles. The molecule has 1 aromatic carbocycles. The van der Waals surface area contributed by atoms with Crippen LogP contribution in [-0.2, 0) is 4.79 Å². The molecule has 1 aliphatic rings. The third kappa shape index (κ3) is 4.84. The fourth-order valence-corrected chi connectivity index (χ4v) is 2.75. The van der Waals surface area contributed by atoms with Crippen molar-refractivity contribution in [3.8, 4) is 5.75 Å². The Labute approximate surface area is 150 Å². The molecule has 2 rings (SSSR count). The highest BCUT2D eigenvalue weighted by molar-refractivity contribution is 5.99. The number of fused-ring (bicyclic) bond motifs is 1. The molecular weight excluding hydrogens is 316 g/mol. The molecule has 1 heterocycles. The quantitative estimate of drug-likeness (QED) is 0.796. The molecule has 0 spiro atoms. The van der Waals surface area contributed by atoms with Crippen molar-refractivity contribution in [2.75, 3.05) is 7.05 Å². The molecule has 5 nitrogen and oxygen atoms in total. The van der Waals surface area contributed by atoms with Crippen LogP contribution in [0.15, 0.2) is 36.4 Å². The Balaban J connectivity index is 2.34. The van der Waals surface area contributed by atoms with Gasteiger partial charge in [0.15, 0.2) is 0 Å². The summed E-state index contributed by atoms with van der Waals surface area (Å²) in [5, 5.41) is 3.04. The van der Waals surface area contributed by atoms with E-state index in [-0.39, 0.29) is 24.0 Å². The summed E-state index contributed by atoms with van der Waals surface area (Å²) in [6.45, 7) is 5.78. The van der Waals surface area contributed by atoms with E-state index in [1.807, 2.05) is 19.9 Å². The van der Waals surface area contributed by atoms with E-state index >= 15 is 0 Å². The summed E-state index contributed by atoms with van der Waals surface area (Å²) in [7, 11) is 1.65. The predicted molar refractivity (Wildman–Crippen MR) is 98.7 cm³/mol. The van der Waals surface area contributed by atoms with Gasteiger partial charge in [-0.1, -0.05) is 31.2 Å². The highest BCUT2D eigenvalue weighted by Gasteiger charge is 2.26. The van der Waals surface area contributed by atoms with E-state index in [0.29, 0.717) is 11.3 Å². The van der Waals surface area contributed by atoms with Crippen LogP contribution in [0.4, 0.5) is 0 Å². The minimum absolute atomic E-state index is 0.0365. The topological polar surface area (TPSA) is 58.6 Å². The van der Waals surface area contributed by atoms with Crippen molar-refractivity contribution in [1.29, 1.82) is 0 Å². The zero-order valence-corrected chi connectivity index (χ0v) is 15.5. The van der Waals surface area contributed by atoms with E-state index < -0.39 is 6.04 Å². The Morgan fingerprint density at radius 3 is 2.56 bits per heavy atom. The third-order valence-corrected chi connectivity index (χ3v) is 4.62. The summed E-state index contributed by atoms with van der Waals surface area (Å²) < 4.78 is 5.98. The van der Waals surface area contributed by atoms with E-state index in [4.69, 9.17) is 4.74 Å². The van der Waals surface area contributed by atoms with E-state index in [2.05, 4.69) is 17.5 Å². The zero-order valence-electron chi connectivity index (χ0n) is 15.5. The molecule has 1 aliphatic heterocycles. The van der Waals surface area contributed by atoms with Crippen LogP contribution in [-0.4, -0.2) is 41.9 Å². The van der Waals surface area contributed by atoms with E-state index in [1.54, 1.807) is 32.2 Å². The lowest BCUT2D eigenvalue weighted by Crippen LogP contribution is -2.48. The Bertz CT molecular complexity index is 642. The second-order valence-electron chi connectivity index (χ2n) is 6.57. The van der Waals surface area contributed by atoms with Crippen LogP contribution in [0.25, 0.3) is 0 Å². The molecule has 3 atom stereocenters. The first-order chi connectivity index (χ1) is 11.9. The summed E-state index contributed by atoms with van der Waals surface area (Å²) in [6.07, 6.45) is 6.49. The predicted octanol–water partition coefficient (Wildman–Crippen LogP) is 3.16. The minimum Gasteiger partial charge on any atom is -0.490 e. The standard InChI is InChI=1S/C20H28N2O3/c1-5-16-11-7-6-10-14(2)25-18-13-9-8-12-17(18)20(24)22(4)15(3)19(23)21-16/h6-9,12-16H,5,10-11H2,1-4H3,(H,21,23)/b7-6+/t14-,15+,16+/m0/s1. The Morgan fingerprint density at radius 2 is 1.84 bits per heavy atom. The van der Waals surface area contributed by atoms with Crippen molar-refractivity contribution in [1.82, 2.24) is 10.2 Å². The summed E-state index contributed by atoms with van der Waals surface area (Å²) >= 11 is 0. The number of carbonyl (C=O) groups is 2. The minimum atomic E-state index is -0.557. The van der Waals surface area contributed by atoms with E-state index in [0.717, 1.165) is 19.3 Å². The highest BCUT2D eigenvalue weighted by atomic mass is 16.5. The van der Waals surface area contributed by atoms with Gasteiger partial charge in [0, 0.05) is 19.5 Å². The maximum atomic E-state index is 12.9. The van der Waals surface area contributed by atoms with E-state index in [9.17, 15) is 9.59 Å². The SMILES string of the molecule is CC[C@@H]1C/C=C/C[C@H](C)Oc2ccccc2C(=O)N(C)[C@H](C)C(=O)N1. The van der Waals surface area contributed by atoms with Crippen LogP contribution in [0, 0.1) is 0 Å². The first kappa shape index (κ1) is 19.0. The second-order valence-corrected chi connectivity index (χ2v) is 6.57. The van der Waals surface area contributed by atoms with Crippen molar-refractivity contribution >= 4 is 11.8 Å². The maximum Gasteiger partial charge on any atom is 0.258 e. The average Bonchev–Trinajstić information content (AvgIpc) is 2.61. The zero-order chi connectivity index (χ0) is 18.4. The monoisotopic (exact) mass is 344 g/mol. The molecule has 0 saturated carbocycles. The van der Waals surface area contributed by atoms with Gasteiger partial charge in [-0.2, -0.15) is 0 Å². The molecule has 1 aromatic rings. The summed E-state index contributed by atoms with van der Waals surface area (Å²) in [4.78, 5) is 26.9. The molecule has 0 radical (unpaired) electrons. The van der Waals surface area contributed by atoms with Gasteiger partial charge in [0.2, 0.25) is 5.91 Å². The molecule has 2 amide bonds. The highest BCUT2D eigenvalue weighted by Crippen LogP contribution is 2.22. The van der Waals surface area contributed by atoms with Crippen LogP contribution < -0.4 is 10.1 Å². The lowest BCUT2D eigenvalue weighted by Gasteiger charge is -2.27. The van der Waals surface area contributed by atoms with Crippen molar-refractivity contribution in [2.24, 2.45) is 0 Å². The average molecular weight is 344 g/mol. The summed E-state index contributed by atoms with van der Waals surface area (Å²) in [5.41, 5.74) is 0.476. The number of hydrogen-bond acceptors (Lipinski definition) is 3. The van der Waals surface area contributed by atoms with Gasteiger partial charge in [0.1, 0.15) is 11.8 Å². The van der Waals surface area contributed by atoms with Gasteiger partial charge in [-0.3, -0.25) is 9.59 Å². The molecule has 0 saturated heterocycles. The number of amides is 2. The molecule has 0 bridgehead atoms. The molecule has 0 unspecified atom stereocenters. The van der Waals surface area contributed by atoms with Crippen LogP contribution >= 0.6 is 0 Å². The lowest BCUT2D eigenvalue weighted by atomic mass is 10.1.